The van der Waals surface area contributed by atoms with E-state index in [9.17, 15) is 9.90 Å². The summed E-state index contributed by atoms with van der Waals surface area (Å²) >= 11 is 0. The summed E-state index contributed by atoms with van der Waals surface area (Å²) in [6, 6.07) is 0. The molecule has 0 heterocycles. The third kappa shape index (κ3) is 3.11. The van der Waals surface area contributed by atoms with Gasteiger partial charge in [0.2, 0.25) is 0 Å². The largest absolute Gasteiger partial charge is 0.386 e. The molecule has 1 N–H and O–H groups in total. The number of allylic oxidation sites excluding steroid dienone is 2. The van der Waals surface area contributed by atoms with Crippen LogP contribution in [0.2, 0.25) is 0 Å². The van der Waals surface area contributed by atoms with Crippen molar-refractivity contribution < 1.29 is 9.90 Å². The Morgan fingerprint density at radius 1 is 1.71 bits per heavy atom. The third-order valence-corrected chi connectivity index (χ3v) is 2.56. The second-order valence-corrected chi connectivity index (χ2v) is 4.13. The van der Waals surface area contributed by atoms with E-state index in [1.54, 1.807) is 13.0 Å². The summed E-state index contributed by atoms with van der Waals surface area (Å²) in [6.07, 6.45) is 7.24. The van der Waals surface area contributed by atoms with E-state index in [-0.39, 0.29) is 5.78 Å². The molecule has 1 rings (SSSR count). The van der Waals surface area contributed by atoms with Crippen LogP contribution >= 0.6 is 0 Å². The summed E-state index contributed by atoms with van der Waals surface area (Å²) in [4.78, 5) is 11.5. The molecule has 1 atom stereocenters. The van der Waals surface area contributed by atoms with E-state index in [0.29, 0.717) is 12.8 Å². The Kier molecular flexibility index (Phi) is 3.64. The first-order valence-corrected chi connectivity index (χ1v) is 5.13. The standard InChI is InChI=1S/C12H18O2/c1-3-4-5-6-10-9-12(2,14)8-7-11(10)13/h3,9,14H,1,4-8H2,2H3/t12-/m1/s1. The topological polar surface area (TPSA) is 37.3 Å². The lowest BCUT2D eigenvalue weighted by molar-refractivity contribution is -0.117. The first kappa shape index (κ1) is 11.2. The molecule has 0 aromatic carbocycles. The van der Waals surface area contributed by atoms with Crippen molar-refractivity contribution in [2.75, 3.05) is 0 Å². The Bertz CT molecular complexity index is 261. The van der Waals surface area contributed by atoms with Crippen LogP contribution in [-0.4, -0.2) is 16.5 Å². The monoisotopic (exact) mass is 194 g/mol. The second-order valence-electron chi connectivity index (χ2n) is 4.13. The van der Waals surface area contributed by atoms with Gasteiger partial charge < -0.3 is 5.11 Å². The van der Waals surface area contributed by atoms with Crippen LogP contribution in [0.3, 0.4) is 0 Å². The number of aliphatic hydroxyl groups is 1. The van der Waals surface area contributed by atoms with Gasteiger partial charge in [-0.25, -0.2) is 0 Å². The maximum atomic E-state index is 11.5. The molecule has 0 unspecified atom stereocenters. The highest BCUT2D eigenvalue weighted by molar-refractivity contribution is 5.96. The van der Waals surface area contributed by atoms with Gasteiger partial charge in [-0.05, 0) is 44.3 Å². The minimum absolute atomic E-state index is 0.195. The Labute approximate surface area is 85.3 Å². The zero-order chi connectivity index (χ0) is 10.6. The van der Waals surface area contributed by atoms with Gasteiger partial charge in [0, 0.05) is 6.42 Å². The molecule has 0 fully saturated rings. The van der Waals surface area contributed by atoms with Gasteiger partial charge in [0.1, 0.15) is 0 Å². The summed E-state index contributed by atoms with van der Waals surface area (Å²) in [5.41, 5.74) is 0.0142. The van der Waals surface area contributed by atoms with Crippen LogP contribution in [0.5, 0.6) is 0 Å². The summed E-state index contributed by atoms with van der Waals surface area (Å²) in [6.45, 7) is 5.39. The maximum absolute atomic E-state index is 11.5. The predicted molar refractivity (Wildman–Crippen MR) is 57.0 cm³/mol. The number of unbranched alkanes of at least 4 members (excludes halogenated alkanes) is 1. The molecule has 1 aliphatic rings. The highest BCUT2D eigenvalue weighted by Gasteiger charge is 2.26. The third-order valence-electron chi connectivity index (χ3n) is 2.56. The van der Waals surface area contributed by atoms with E-state index in [1.807, 2.05) is 6.08 Å². The summed E-state index contributed by atoms with van der Waals surface area (Å²) < 4.78 is 0. The van der Waals surface area contributed by atoms with Crippen molar-refractivity contribution in [3.63, 3.8) is 0 Å². The SMILES string of the molecule is C=CCCCC1=C[C@](C)(O)CCC1=O. The predicted octanol–water partition coefficient (Wildman–Crippen LogP) is 2.38. The summed E-state index contributed by atoms with van der Waals surface area (Å²) in [5, 5.41) is 9.77. The van der Waals surface area contributed by atoms with Gasteiger partial charge in [-0.3, -0.25) is 4.79 Å². The van der Waals surface area contributed by atoms with Crippen molar-refractivity contribution in [1.29, 1.82) is 0 Å². The average Bonchev–Trinajstić information content (AvgIpc) is 2.11. The van der Waals surface area contributed by atoms with Gasteiger partial charge in [0.25, 0.3) is 0 Å². The molecule has 0 saturated carbocycles. The highest BCUT2D eigenvalue weighted by atomic mass is 16.3. The number of hydrogen-bond donors (Lipinski definition) is 1. The smallest absolute Gasteiger partial charge is 0.158 e. The van der Waals surface area contributed by atoms with E-state index in [0.717, 1.165) is 24.8 Å². The second kappa shape index (κ2) is 4.56. The van der Waals surface area contributed by atoms with Crippen LogP contribution in [0, 0.1) is 0 Å². The highest BCUT2D eigenvalue weighted by Crippen LogP contribution is 2.26. The van der Waals surface area contributed by atoms with Crippen molar-refractivity contribution in [2.24, 2.45) is 0 Å². The molecule has 0 saturated heterocycles. The maximum Gasteiger partial charge on any atom is 0.158 e. The minimum Gasteiger partial charge on any atom is -0.386 e. The van der Waals surface area contributed by atoms with Crippen molar-refractivity contribution in [2.45, 2.75) is 44.6 Å². The molecular weight excluding hydrogens is 176 g/mol. The van der Waals surface area contributed by atoms with Gasteiger partial charge in [-0.15, -0.1) is 6.58 Å². The minimum atomic E-state index is -0.780. The lowest BCUT2D eigenvalue weighted by Crippen LogP contribution is -2.28. The Balaban J connectivity index is 2.59. The molecule has 0 amide bonds. The molecule has 14 heavy (non-hydrogen) atoms. The molecule has 2 heteroatoms. The van der Waals surface area contributed by atoms with Crippen LogP contribution in [0.25, 0.3) is 0 Å². The van der Waals surface area contributed by atoms with E-state index < -0.39 is 5.60 Å². The van der Waals surface area contributed by atoms with Crippen molar-refractivity contribution >= 4 is 5.78 Å². The first-order valence-electron chi connectivity index (χ1n) is 5.13. The summed E-state index contributed by atoms with van der Waals surface area (Å²) in [5.74, 6) is 0.195. The molecule has 0 aromatic heterocycles. The molecule has 2 nitrogen and oxygen atoms in total. The molecule has 0 radical (unpaired) electrons. The fourth-order valence-corrected chi connectivity index (χ4v) is 1.70. The Morgan fingerprint density at radius 2 is 2.43 bits per heavy atom. The van der Waals surface area contributed by atoms with Crippen LogP contribution < -0.4 is 0 Å². The van der Waals surface area contributed by atoms with Crippen molar-refractivity contribution in [1.82, 2.24) is 0 Å². The van der Waals surface area contributed by atoms with Gasteiger partial charge in [0.05, 0.1) is 5.60 Å². The molecule has 0 aliphatic heterocycles. The Morgan fingerprint density at radius 3 is 3.07 bits per heavy atom. The van der Waals surface area contributed by atoms with Crippen LogP contribution in [0.4, 0.5) is 0 Å². The van der Waals surface area contributed by atoms with E-state index >= 15 is 0 Å². The number of carbonyl (C=O) groups is 1. The van der Waals surface area contributed by atoms with E-state index in [2.05, 4.69) is 6.58 Å². The van der Waals surface area contributed by atoms with E-state index in [4.69, 9.17) is 0 Å². The molecule has 0 bridgehead atoms. The van der Waals surface area contributed by atoms with Gasteiger partial charge in [0.15, 0.2) is 5.78 Å². The lowest BCUT2D eigenvalue weighted by atomic mass is 9.85. The molecule has 1 aliphatic carbocycles. The summed E-state index contributed by atoms with van der Waals surface area (Å²) in [7, 11) is 0. The molecule has 78 valence electrons. The Hall–Kier alpha value is -0.890. The van der Waals surface area contributed by atoms with Crippen LogP contribution in [0.15, 0.2) is 24.3 Å². The number of Topliss-reactive ketones (excluding diaryl/α,β-unsaturated/α-hetero) is 1. The van der Waals surface area contributed by atoms with Crippen molar-refractivity contribution in [3.05, 3.63) is 24.3 Å². The number of carbonyl (C=O) groups excluding carboxylic acids is 1. The van der Waals surface area contributed by atoms with Gasteiger partial charge in [-0.1, -0.05) is 6.08 Å². The van der Waals surface area contributed by atoms with Crippen molar-refractivity contribution in [3.8, 4) is 0 Å². The average molecular weight is 194 g/mol. The normalized spacial score (nSPS) is 27.3. The van der Waals surface area contributed by atoms with Gasteiger partial charge >= 0.3 is 0 Å². The quantitative estimate of drug-likeness (QED) is 0.551. The number of hydrogen-bond acceptors (Lipinski definition) is 2. The van der Waals surface area contributed by atoms with Crippen LogP contribution in [0.1, 0.15) is 39.0 Å². The zero-order valence-corrected chi connectivity index (χ0v) is 8.75. The van der Waals surface area contributed by atoms with Gasteiger partial charge in [-0.2, -0.15) is 0 Å². The fourth-order valence-electron chi connectivity index (χ4n) is 1.70. The zero-order valence-electron chi connectivity index (χ0n) is 8.75. The number of rotatable bonds is 4. The fraction of sp³-hybridized carbons (Fsp3) is 0.583. The first-order chi connectivity index (χ1) is 6.55. The molecular formula is C12H18O2. The molecule has 0 spiro atoms. The van der Waals surface area contributed by atoms with Crippen LogP contribution in [-0.2, 0) is 4.79 Å². The lowest BCUT2D eigenvalue weighted by Gasteiger charge is -2.25. The van der Waals surface area contributed by atoms with E-state index in [1.165, 1.54) is 0 Å². The number of ketones is 1. The molecule has 0 aromatic rings.